The molecule has 1 N–H and O–H groups in total. The van der Waals surface area contributed by atoms with Gasteiger partial charge in [-0.1, -0.05) is 0 Å². The number of amides is 1. The fraction of sp³-hybridized carbons (Fsp3) is 0.143. The molecule has 2 rings (SSSR count). The van der Waals surface area contributed by atoms with Gasteiger partial charge in [-0.05, 0) is 12.1 Å². The Morgan fingerprint density at radius 2 is 2.43 bits per heavy atom. The highest BCUT2D eigenvalue weighted by Gasteiger charge is 2.07. The highest BCUT2D eigenvalue weighted by Crippen LogP contribution is 2.04. The molecule has 0 aliphatic heterocycles. The van der Waals surface area contributed by atoms with Crippen molar-refractivity contribution in [3.05, 3.63) is 18.3 Å². The van der Waals surface area contributed by atoms with Crippen LogP contribution in [0.2, 0.25) is 0 Å². The second kappa shape index (κ2) is 3.59. The summed E-state index contributed by atoms with van der Waals surface area (Å²) in [6.07, 6.45) is 1.58. The number of rotatable bonds is 2. The zero-order valence-corrected chi connectivity index (χ0v) is 7.77. The van der Waals surface area contributed by atoms with Gasteiger partial charge in [-0.15, -0.1) is 21.8 Å². The van der Waals surface area contributed by atoms with E-state index in [0.717, 1.165) is 0 Å². The Kier molecular flexibility index (Phi) is 2.28. The van der Waals surface area contributed by atoms with Crippen molar-refractivity contribution in [2.75, 3.05) is 11.2 Å². The lowest BCUT2D eigenvalue weighted by molar-refractivity contribution is -0.114. The van der Waals surface area contributed by atoms with Crippen LogP contribution in [-0.4, -0.2) is 31.6 Å². The van der Waals surface area contributed by atoms with Gasteiger partial charge in [0.2, 0.25) is 5.91 Å². The second-order valence-corrected chi connectivity index (χ2v) is 2.77. The minimum absolute atomic E-state index is 0.123. The molecule has 0 atom stereocenters. The summed E-state index contributed by atoms with van der Waals surface area (Å²) in [6, 6.07) is 3.47. The van der Waals surface area contributed by atoms with E-state index in [1.54, 1.807) is 18.3 Å². The Hall–Kier alpha value is -1.69. The van der Waals surface area contributed by atoms with Crippen LogP contribution in [0.1, 0.15) is 0 Å². The lowest BCUT2D eigenvalue weighted by Crippen LogP contribution is -2.15. The third-order valence-corrected chi connectivity index (χ3v) is 1.79. The summed E-state index contributed by atoms with van der Waals surface area (Å²) in [6.45, 7) is 0. The third kappa shape index (κ3) is 1.51. The van der Waals surface area contributed by atoms with Gasteiger partial charge in [0, 0.05) is 6.20 Å². The predicted octanol–water partition coefficient (Wildman–Crippen LogP) is 0.302. The van der Waals surface area contributed by atoms with Gasteiger partial charge in [-0.2, -0.15) is 9.61 Å². The molecule has 2 aromatic rings. The summed E-state index contributed by atoms with van der Waals surface area (Å²) >= 11 is 5.33. The molecule has 0 bridgehead atoms. The molecule has 0 saturated carbocycles. The van der Waals surface area contributed by atoms with Crippen molar-refractivity contribution in [2.24, 2.45) is 0 Å². The first-order valence-electron chi connectivity index (χ1n) is 3.83. The molecule has 0 aliphatic carbocycles. The van der Waals surface area contributed by atoms with Crippen LogP contribution in [-0.2, 0) is 4.79 Å². The minimum atomic E-state index is -0.341. The number of nitrogens with zero attached hydrogens (tertiary/aromatic N) is 4. The number of alkyl halides is 1. The lowest BCUT2D eigenvalue weighted by atomic mass is 10.6. The average Bonchev–Trinajstić information content (AvgIpc) is 2.62. The normalized spacial score (nSPS) is 10.4. The Bertz CT molecular complexity index is 468. The molecule has 14 heavy (non-hydrogen) atoms. The van der Waals surface area contributed by atoms with Crippen LogP contribution >= 0.6 is 11.6 Å². The first-order valence-corrected chi connectivity index (χ1v) is 4.37. The molecule has 0 unspecified atom stereocenters. The number of halogens is 1. The lowest BCUT2D eigenvalue weighted by Gasteiger charge is -1.97. The minimum Gasteiger partial charge on any atom is -0.292 e. The van der Waals surface area contributed by atoms with Gasteiger partial charge in [0.15, 0.2) is 5.65 Å². The number of hydrogen-bond acceptors (Lipinski definition) is 4. The standard InChI is InChI=1S/C7H6ClN5O/c8-4-6(14)10-7-12-11-5-2-1-3-9-13(5)7/h1-3H,4H2,(H,10,12,14). The molecule has 0 fully saturated rings. The summed E-state index contributed by atoms with van der Waals surface area (Å²) in [4.78, 5) is 11.0. The van der Waals surface area contributed by atoms with E-state index in [1.807, 2.05) is 0 Å². The maximum atomic E-state index is 11.0. The summed E-state index contributed by atoms with van der Waals surface area (Å²) in [7, 11) is 0. The molecule has 7 heteroatoms. The van der Waals surface area contributed by atoms with Gasteiger partial charge in [0.1, 0.15) is 5.88 Å². The van der Waals surface area contributed by atoms with Crippen molar-refractivity contribution in [1.82, 2.24) is 19.8 Å². The van der Waals surface area contributed by atoms with E-state index in [2.05, 4.69) is 20.6 Å². The van der Waals surface area contributed by atoms with Crippen LogP contribution in [0.5, 0.6) is 0 Å². The van der Waals surface area contributed by atoms with Crippen LogP contribution in [0.25, 0.3) is 5.65 Å². The van der Waals surface area contributed by atoms with Crippen LogP contribution < -0.4 is 5.32 Å². The number of hydrogen-bond donors (Lipinski definition) is 1. The van der Waals surface area contributed by atoms with Crippen molar-refractivity contribution in [3.8, 4) is 0 Å². The molecule has 0 saturated heterocycles. The number of carbonyl (C=O) groups is 1. The van der Waals surface area contributed by atoms with Crippen LogP contribution in [0.15, 0.2) is 18.3 Å². The zero-order valence-electron chi connectivity index (χ0n) is 7.01. The molecule has 2 aromatic heterocycles. The SMILES string of the molecule is O=C(CCl)Nc1nnc2cccnn12. The van der Waals surface area contributed by atoms with Crippen molar-refractivity contribution < 1.29 is 4.79 Å². The predicted molar refractivity (Wildman–Crippen MR) is 50.1 cm³/mol. The largest absolute Gasteiger partial charge is 0.292 e. The summed E-state index contributed by atoms with van der Waals surface area (Å²) in [5.74, 6) is -0.195. The van der Waals surface area contributed by atoms with Gasteiger partial charge < -0.3 is 0 Å². The van der Waals surface area contributed by atoms with Crippen LogP contribution in [0, 0.1) is 0 Å². The van der Waals surface area contributed by atoms with Gasteiger partial charge in [-0.3, -0.25) is 10.1 Å². The molecule has 0 radical (unpaired) electrons. The number of aromatic nitrogens is 4. The molecule has 0 aliphatic rings. The molecule has 0 aromatic carbocycles. The van der Waals surface area contributed by atoms with E-state index < -0.39 is 0 Å². The molecular formula is C7H6ClN5O. The van der Waals surface area contributed by atoms with Crippen LogP contribution in [0.3, 0.4) is 0 Å². The Balaban J connectivity index is 2.38. The number of nitrogens with one attached hydrogen (secondary N) is 1. The highest BCUT2D eigenvalue weighted by molar-refractivity contribution is 6.28. The van der Waals surface area contributed by atoms with Gasteiger partial charge in [0.05, 0.1) is 0 Å². The van der Waals surface area contributed by atoms with E-state index in [1.165, 1.54) is 4.52 Å². The van der Waals surface area contributed by atoms with E-state index in [9.17, 15) is 4.79 Å². The average molecular weight is 212 g/mol. The molecular weight excluding hydrogens is 206 g/mol. The fourth-order valence-electron chi connectivity index (χ4n) is 0.980. The van der Waals surface area contributed by atoms with Gasteiger partial charge >= 0.3 is 0 Å². The molecule has 0 spiro atoms. The first kappa shape index (κ1) is 8.89. The Labute approximate surface area is 83.9 Å². The molecule has 72 valence electrons. The highest BCUT2D eigenvalue weighted by atomic mass is 35.5. The van der Waals surface area contributed by atoms with E-state index in [-0.39, 0.29) is 17.7 Å². The molecule has 6 nitrogen and oxygen atoms in total. The monoisotopic (exact) mass is 211 g/mol. The second-order valence-electron chi connectivity index (χ2n) is 2.50. The van der Waals surface area contributed by atoms with Crippen molar-refractivity contribution in [2.45, 2.75) is 0 Å². The van der Waals surface area contributed by atoms with Crippen LogP contribution in [0.4, 0.5) is 5.95 Å². The smallest absolute Gasteiger partial charge is 0.252 e. The van der Waals surface area contributed by atoms with Gasteiger partial charge in [0.25, 0.3) is 5.95 Å². The maximum Gasteiger partial charge on any atom is 0.252 e. The van der Waals surface area contributed by atoms with Crippen molar-refractivity contribution >= 4 is 29.1 Å². The first-order chi connectivity index (χ1) is 6.81. The third-order valence-electron chi connectivity index (χ3n) is 1.55. The van der Waals surface area contributed by atoms with E-state index >= 15 is 0 Å². The Morgan fingerprint density at radius 1 is 1.57 bits per heavy atom. The van der Waals surface area contributed by atoms with E-state index in [4.69, 9.17) is 11.6 Å². The fourth-order valence-corrected chi connectivity index (χ4v) is 1.05. The van der Waals surface area contributed by atoms with E-state index in [0.29, 0.717) is 5.65 Å². The van der Waals surface area contributed by atoms with Gasteiger partial charge in [-0.25, -0.2) is 0 Å². The molecule has 1 amide bonds. The summed E-state index contributed by atoms with van der Waals surface area (Å²) in [5.41, 5.74) is 0.567. The zero-order chi connectivity index (χ0) is 9.97. The quantitative estimate of drug-likeness (QED) is 0.726. The number of anilines is 1. The maximum absolute atomic E-state index is 11.0. The van der Waals surface area contributed by atoms with Crippen molar-refractivity contribution in [1.29, 1.82) is 0 Å². The summed E-state index contributed by atoms with van der Waals surface area (Å²) < 4.78 is 1.42. The topological polar surface area (TPSA) is 72.2 Å². The van der Waals surface area contributed by atoms with Crippen molar-refractivity contribution in [3.63, 3.8) is 0 Å². The Morgan fingerprint density at radius 3 is 3.21 bits per heavy atom. The number of fused-ring (bicyclic) bond motifs is 1. The molecule has 2 heterocycles. The summed E-state index contributed by atoms with van der Waals surface area (Å²) in [5, 5.41) is 14.0. The number of carbonyl (C=O) groups excluding carboxylic acids is 1.